The quantitative estimate of drug-likeness (QED) is 0.917. The largest absolute Gasteiger partial charge is 0.352 e. The maximum absolute atomic E-state index is 13.6. The number of amides is 2. The van der Waals surface area contributed by atoms with Crippen LogP contribution in [0.5, 0.6) is 0 Å². The monoisotopic (exact) mass is 328 g/mol. The predicted molar refractivity (Wildman–Crippen MR) is 71.7 cm³/mol. The van der Waals surface area contributed by atoms with E-state index in [0.29, 0.717) is 16.6 Å². The molecule has 19 heavy (non-hydrogen) atoms. The average Bonchev–Trinajstić information content (AvgIpc) is 2.68. The Labute approximate surface area is 119 Å². The fourth-order valence-electron chi connectivity index (χ4n) is 2.03. The lowest BCUT2D eigenvalue weighted by molar-refractivity contribution is -0.128. The number of benzene rings is 1. The molecule has 0 spiro atoms. The van der Waals surface area contributed by atoms with E-state index in [1.165, 1.54) is 11.0 Å². The van der Waals surface area contributed by atoms with Crippen molar-refractivity contribution in [1.82, 2.24) is 10.2 Å². The number of carbonyl (C=O) groups is 2. The molecule has 102 valence electrons. The van der Waals surface area contributed by atoms with Gasteiger partial charge in [-0.1, -0.05) is 22.0 Å². The van der Waals surface area contributed by atoms with E-state index in [9.17, 15) is 14.0 Å². The number of halogens is 2. The molecule has 0 saturated carbocycles. The highest BCUT2D eigenvalue weighted by atomic mass is 79.9. The van der Waals surface area contributed by atoms with Crippen LogP contribution in [0.4, 0.5) is 4.39 Å². The maximum Gasteiger partial charge on any atom is 0.225 e. The number of carbonyl (C=O) groups excluding carboxylic acids is 2. The fraction of sp³-hybridized carbons (Fsp3) is 0.385. The van der Waals surface area contributed by atoms with Gasteiger partial charge >= 0.3 is 0 Å². The smallest absolute Gasteiger partial charge is 0.225 e. The van der Waals surface area contributed by atoms with Gasteiger partial charge in [0, 0.05) is 36.6 Å². The summed E-state index contributed by atoms with van der Waals surface area (Å²) in [6.45, 7) is 0.555. The van der Waals surface area contributed by atoms with Crippen molar-refractivity contribution in [3.05, 3.63) is 34.1 Å². The zero-order chi connectivity index (χ0) is 14.0. The van der Waals surface area contributed by atoms with Crippen LogP contribution in [0.15, 0.2) is 22.7 Å². The molecule has 1 aliphatic heterocycles. The van der Waals surface area contributed by atoms with Crippen LogP contribution < -0.4 is 5.32 Å². The molecule has 1 aliphatic rings. The Balaban J connectivity index is 1.92. The van der Waals surface area contributed by atoms with Crippen LogP contribution in [0.2, 0.25) is 0 Å². The second-order valence-electron chi connectivity index (χ2n) is 4.63. The van der Waals surface area contributed by atoms with Crippen LogP contribution >= 0.6 is 15.9 Å². The first-order valence-electron chi connectivity index (χ1n) is 5.93. The third kappa shape index (κ3) is 3.32. The van der Waals surface area contributed by atoms with Crippen molar-refractivity contribution in [2.75, 3.05) is 13.6 Å². The van der Waals surface area contributed by atoms with E-state index in [2.05, 4.69) is 21.2 Å². The first-order valence-corrected chi connectivity index (χ1v) is 6.72. The van der Waals surface area contributed by atoms with Crippen LogP contribution in [0.25, 0.3) is 0 Å². The Morgan fingerprint density at radius 3 is 2.89 bits per heavy atom. The van der Waals surface area contributed by atoms with Crippen molar-refractivity contribution in [3.8, 4) is 0 Å². The molecule has 0 aromatic heterocycles. The number of nitrogens with one attached hydrogen (secondary N) is 1. The van der Waals surface area contributed by atoms with Gasteiger partial charge in [-0.2, -0.15) is 0 Å². The lowest BCUT2D eigenvalue weighted by Crippen LogP contribution is -2.32. The Bertz CT molecular complexity index is 521. The van der Waals surface area contributed by atoms with Gasteiger partial charge in [0.25, 0.3) is 0 Å². The van der Waals surface area contributed by atoms with E-state index in [0.717, 1.165) is 0 Å². The molecule has 1 aromatic rings. The van der Waals surface area contributed by atoms with Gasteiger partial charge in [0.05, 0.1) is 5.92 Å². The van der Waals surface area contributed by atoms with Crippen molar-refractivity contribution in [3.63, 3.8) is 0 Å². The van der Waals surface area contributed by atoms with Crippen molar-refractivity contribution in [2.45, 2.75) is 13.0 Å². The lowest BCUT2D eigenvalue weighted by Gasteiger charge is -2.11. The van der Waals surface area contributed by atoms with Crippen molar-refractivity contribution in [2.24, 2.45) is 5.92 Å². The third-order valence-corrected chi connectivity index (χ3v) is 3.67. The maximum atomic E-state index is 13.6. The summed E-state index contributed by atoms with van der Waals surface area (Å²) in [7, 11) is 1.67. The molecule has 1 heterocycles. The van der Waals surface area contributed by atoms with E-state index in [1.54, 1.807) is 19.2 Å². The van der Waals surface area contributed by atoms with Crippen LogP contribution in [-0.4, -0.2) is 30.3 Å². The van der Waals surface area contributed by atoms with Crippen LogP contribution in [0, 0.1) is 11.7 Å². The molecule has 4 nitrogen and oxygen atoms in total. The van der Waals surface area contributed by atoms with Gasteiger partial charge in [-0.05, 0) is 12.1 Å². The van der Waals surface area contributed by atoms with E-state index >= 15 is 0 Å². The van der Waals surface area contributed by atoms with Crippen molar-refractivity contribution in [1.29, 1.82) is 0 Å². The number of hydrogen-bond donors (Lipinski definition) is 1. The first kappa shape index (κ1) is 14.0. The molecule has 2 amide bonds. The van der Waals surface area contributed by atoms with Gasteiger partial charge in [0.1, 0.15) is 5.82 Å². The number of rotatable bonds is 3. The molecule has 1 aromatic carbocycles. The lowest BCUT2D eigenvalue weighted by atomic mass is 10.1. The van der Waals surface area contributed by atoms with E-state index < -0.39 is 0 Å². The summed E-state index contributed by atoms with van der Waals surface area (Å²) < 4.78 is 14.2. The highest BCUT2D eigenvalue weighted by Crippen LogP contribution is 2.17. The Morgan fingerprint density at radius 1 is 1.58 bits per heavy atom. The molecule has 6 heteroatoms. The highest BCUT2D eigenvalue weighted by Gasteiger charge is 2.31. The summed E-state index contributed by atoms with van der Waals surface area (Å²) >= 11 is 3.17. The Hall–Kier alpha value is -1.43. The summed E-state index contributed by atoms with van der Waals surface area (Å²) in [4.78, 5) is 24.7. The number of nitrogens with zero attached hydrogens (tertiary/aromatic N) is 1. The first-order chi connectivity index (χ1) is 8.97. The van der Waals surface area contributed by atoms with Crippen molar-refractivity contribution < 1.29 is 14.0 Å². The Kier molecular flexibility index (Phi) is 4.19. The molecule has 2 rings (SSSR count). The Morgan fingerprint density at radius 2 is 2.32 bits per heavy atom. The standard InChI is InChI=1S/C13H14BrFN2O2/c1-17-7-9(4-12(17)18)13(19)16-6-8-2-3-10(14)5-11(8)15/h2-3,5,9H,4,6-7H2,1H3,(H,16,19)/t9-/m0/s1. The minimum atomic E-state index is -0.366. The van der Waals surface area contributed by atoms with Gasteiger partial charge in [0.2, 0.25) is 11.8 Å². The van der Waals surface area contributed by atoms with Gasteiger partial charge < -0.3 is 10.2 Å². The van der Waals surface area contributed by atoms with Gasteiger partial charge in [-0.3, -0.25) is 9.59 Å². The third-order valence-electron chi connectivity index (χ3n) is 3.18. The topological polar surface area (TPSA) is 49.4 Å². The van der Waals surface area contributed by atoms with Crippen molar-refractivity contribution >= 4 is 27.7 Å². The molecule has 1 atom stereocenters. The number of likely N-dealkylation sites (tertiary alicyclic amines) is 1. The average molecular weight is 329 g/mol. The second kappa shape index (κ2) is 5.69. The minimum Gasteiger partial charge on any atom is -0.352 e. The molecule has 0 radical (unpaired) electrons. The fourth-order valence-corrected chi connectivity index (χ4v) is 2.36. The summed E-state index contributed by atoms with van der Waals surface area (Å²) in [6.07, 6.45) is 0.227. The van der Waals surface area contributed by atoms with Crippen LogP contribution in [0.3, 0.4) is 0 Å². The molecule has 0 bridgehead atoms. The molecule has 1 fully saturated rings. The summed E-state index contributed by atoms with van der Waals surface area (Å²) in [5.74, 6) is -0.944. The van der Waals surface area contributed by atoms with Crippen LogP contribution in [-0.2, 0) is 16.1 Å². The molecular formula is C13H14BrFN2O2. The van der Waals surface area contributed by atoms with Gasteiger partial charge in [-0.15, -0.1) is 0 Å². The predicted octanol–water partition coefficient (Wildman–Crippen LogP) is 1.68. The highest BCUT2D eigenvalue weighted by molar-refractivity contribution is 9.10. The zero-order valence-electron chi connectivity index (χ0n) is 10.5. The SMILES string of the molecule is CN1C[C@@H](C(=O)NCc2ccc(Br)cc2F)CC1=O. The minimum absolute atomic E-state index is 0.0324. The summed E-state index contributed by atoms with van der Waals surface area (Å²) in [6, 6.07) is 4.69. The molecular weight excluding hydrogens is 315 g/mol. The number of hydrogen-bond acceptors (Lipinski definition) is 2. The normalized spacial score (nSPS) is 18.8. The molecule has 1 saturated heterocycles. The van der Waals surface area contributed by atoms with E-state index in [1.807, 2.05) is 0 Å². The zero-order valence-corrected chi connectivity index (χ0v) is 12.0. The molecule has 1 N–H and O–H groups in total. The molecule has 0 unspecified atom stereocenters. The van der Waals surface area contributed by atoms with E-state index in [4.69, 9.17) is 0 Å². The summed E-state index contributed by atoms with van der Waals surface area (Å²) in [5, 5.41) is 2.67. The van der Waals surface area contributed by atoms with Crippen LogP contribution in [0.1, 0.15) is 12.0 Å². The molecule has 0 aliphatic carbocycles. The van der Waals surface area contributed by atoms with E-state index in [-0.39, 0.29) is 36.5 Å². The van der Waals surface area contributed by atoms with Gasteiger partial charge in [-0.25, -0.2) is 4.39 Å². The summed E-state index contributed by atoms with van der Waals surface area (Å²) in [5.41, 5.74) is 0.425. The van der Waals surface area contributed by atoms with Gasteiger partial charge in [0.15, 0.2) is 0 Å². The second-order valence-corrected chi connectivity index (χ2v) is 5.54.